The summed E-state index contributed by atoms with van der Waals surface area (Å²) in [4.78, 5) is 8.07. The van der Waals surface area contributed by atoms with E-state index in [1.54, 1.807) is 6.07 Å². The van der Waals surface area contributed by atoms with Crippen molar-refractivity contribution in [3.8, 4) is 17.6 Å². The molecule has 0 bridgehead atoms. The predicted molar refractivity (Wildman–Crippen MR) is 144 cm³/mol. The van der Waals surface area contributed by atoms with Gasteiger partial charge in [0.25, 0.3) is 0 Å². The first-order valence-electron chi connectivity index (χ1n) is 10.7. The van der Waals surface area contributed by atoms with Crippen LogP contribution in [0.2, 0.25) is 5.02 Å². The summed E-state index contributed by atoms with van der Waals surface area (Å²) in [7, 11) is -3.46. The van der Waals surface area contributed by atoms with Gasteiger partial charge in [-0.15, -0.1) is 11.6 Å². The van der Waals surface area contributed by atoms with Crippen LogP contribution >= 0.6 is 36.7 Å². The fraction of sp³-hybridized carbons (Fsp3) is 0.292. The lowest BCUT2D eigenvalue weighted by atomic mass is 9.91. The number of benzene rings is 2. The zero-order valence-corrected chi connectivity index (χ0v) is 22.6. The third-order valence-corrected chi connectivity index (χ3v) is 6.47. The summed E-state index contributed by atoms with van der Waals surface area (Å²) in [5.41, 5.74) is 4.21. The highest BCUT2D eigenvalue weighted by atomic mass is 35.5. The SMILES string of the molecule is CS(=O)(=O)Nc1nccc(COc2ccc3c(c2)CC[C@H]3c2cc(Cl)c(OCCCl)c(C#N)c2)n1.S. The molecule has 1 aromatic heterocycles. The monoisotopic (exact) mass is 566 g/mol. The first-order valence-corrected chi connectivity index (χ1v) is 13.6. The van der Waals surface area contributed by atoms with Crippen molar-refractivity contribution in [1.82, 2.24) is 9.97 Å². The molecule has 0 amide bonds. The van der Waals surface area contributed by atoms with Crippen molar-refractivity contribution in [2.24, 2.45) is 0 Å². The van der Waals surface area contributed by atoms with E-state index in [1.165, 1.54) is 6.20 Å². The van der Waals surface area contributed by atoms with E-state index in [-0.39, 0.29) is 38.6 Å². The summed E-state index contributed by atoms with van der Waals surface area (Å²) >= 11 is 12.1. The van der Waals surface area contributed by atoms with Crippen LogP contribution in [0.1, 0.15) is 40.3 Å². The lowest BCUT2D eigenvalue weighted by molar-refractivity contribution is 0.301. The van der Waals surface area contributed by atoms with Crippen LogP contribution in [-0.4, -0.2) is 37.1 Å². The molecule has 12 heteroatoms. The van der Waals surface area contributed by atoms with Gasteiger partial charge in [-0.2, -0.15) is 18.8 Å². The molecule has 8 nitrogen and oxygen atoms in total. The molecule has 4 rings (SSSR count). The van der Waals surface area contributed by atoms with Gasteiger partial charge in [-0.1, -0.05) is 17.7 Å². The second-order valence-corrected chi connectivity index (χ2v) is 10.5. The summed E-state index contributed by atoms with van der Waals surface area (Å²) in [5.74, 6) is 1.46. The van der Waals surface area contributed by atoms with E-state index in [1.807, 2.05) is 30.3 Å². The highest BCUT2D eigenvalue weighted by molar-refractivity contribution is 7.91. The Balaban J connectivity index is 0.00000361. The molecule has 190 valence electrons. The smallest absolute Gasteiger partial charge is 0.236 e. The molecule has 3 aromatic rings. The average molecular weight is 568 g/mol. The number of alkyl halides is 1. The van der Waals surface area contributed by atoms with Crippen molar-refractivity contribution in [1.29, 1.82) is 5.26 Å². The molecule has 0 aliphatic heterocycles. The second kappa shape index (κ2) is 12.0. The molecule has 1 N–H and O–H groups in total. The molecule has 0 saturated carbocycles. The summed E-state index contributed by atoms with van der Waals surface area (Å²) in [5, 5.41) is 9.98. The molecule has 2 aromatic carbocycles. The van der Waals surface area contributed by atoms with Crippen LogP contribution in [0.15, 0.2) is 42.6 Å². The Hall–Kier alpha value is -2.71. The van der Waals surface area contributed by atoms with Crippen molar-refractivity contribution in [2.45, 2.75) is 25.4 Å². The lowest BCUT2D eigenvalue weighted by Crippen LogP contribution is -2.13. The number of aryl methyl sites for hydroxylation is 1. The topological polar surface area (TPSA) is 114 Å². The average Bonchev–Trinajstić information content (AvgIpc) is 3.24. The zero-order chi connectivity index (χ0) is 25.0. The van der Waals surface area contributed by atoms with E-state index in [4.69, 9.17) is 32.7 Å². The largest absolute Gasteiger partial charge is 0.489 e. The number of nitrogens with one attached hydrogen (secondary N) is 1. The first kappa shape index (κ1) is 27.9. The summed E-state index contributed by atoms with van der Waals surface area (Å²) in [6.45, 7) is 0.433. The molecule has 36 heavy (non-hydrogen) atoms. The summed E-state index contributed by atoms with van der Waals surface area (Å²) in [6.07, 6.45) is 4.25. The molecular weight excluding hydrogens is 543 g/mol. The maximum absolute atomic E-state index is 11.4. The standard InChI is InChI=1S/C24H22Cl2N4O4S.H2S/c1-35(31,32)30-24-28-8-6-18(29-24)14-34-19-3-5-20-15(11-19)2-4-21(20)16-10-17(13-27)23(22(26)12-16)33-9-7-25;/h3,5-6,8,10-12,21H,2,4,7,9,14H2,1H3,(H,28,29,30);1H2/t21-;/m0./s1. The number of hydrogen-bond acceptors (Lipinski definition) is 7. The molecule has 1 aliphatic rings. The lowest BCUT2D eigenvalue weighted by Gasteiger charge is -2.16. The Morgan fingerprint density at radius 1 is 1.22 bits per heavy atom. The number of rotatable bonds is 9. The molecule has 1 atom stereocenters. The quantitative estimate of drug-likeness (QED) is 0.371. The van der Waals surface area contributed by atoms with Crippen molar-refractivity contribution in [3.05, 3.63) is 75.6 Å². The summed E-state index contributed by atoms with van der Waals surface area (Å²) in [6, 6.07) is 13.4. The molecule has 0 saturated heterocycles. The molecule has 0 radical (unpaired) electrons. The Bertz CT molecular complexity index is 1400. The Labute approximate surface area is 227 Å². The van der Waals surface area contributed by atoms with Gasteiger partial charge >= 0.3 is 0 Å². The van der Waals surface area contributed by atoms with Crippen molar-refractivity contribution >= 4 is 52.7 Å². The Kier molecular flexibility index (Phi) is 9.30. The van der Waals surface area contributed by atoms with Crippen LogP contribution in [0.25, 0.3) is 0 Å². The van der Waals surface area contributed by atoms with E-state index in [0.29, 0.717) is 33.7 Å². The van der Waals surface area contributed by atoms with Gasteiger partial charge in [-0.25, -0.2) is 18.4 Å². The minimum atomic E-state index is -3.46. The van der Waals surface area contributed by atoms with Gasteiger partial charge in [-0.05, 0) is 59.9 Å². The number of nitrogens with zero attached hydrogens (tertiary/aromatic N) is 3. The molecule has 0 spiro atoms. The molecule has 0 fully saturated rings. The van der Waals surface area contributed by atoms with Gasteiger partial charge in [0.2, 0.25) is 16.0 Å². The van der Waals surface area contributed by atoms with Gasteiger partial charge in [0.15, 0.2) is 5.75 Å². The van der Waals surface area contributed by atoms with Gasteiger partial charge in [0.05, 0.1) is 28.4 Å². The minimum absolute atomic E-state index is 0. The number of nitriles is 1. The summed E-state index contributed by atoms with van der Waals surface area (Å²) < 4.78 is 36.5. The predicted octanol–water partition coefficient (Wildman–Crippen LogP) is 4.76. The van der Waals surface area contributed by atoms with Crippen molar-refractivity contribution in [3.63, 3.8) is 0 Å². The normalized spacial score (nSPS) is 14.3. The van der Waals surface area contributed by atoms with Crippen LogP contribution in [0.3, 0.4) is 0 Å². The van der Waals surface area contributed by atoms with Gasteiger partial charge in [0.1, 0.15) is 25.0 Å². The molecular formula is C24H24Cl2N4O4S2. The number of hydrogen-bond donors (Lipinski definition) is 1. The van der Waals surface area contributed by atoms with E-state index in [2.05, 4.69) is 20.8 Å². The third-order valence-electron chi connectivity index (χ3n) is 5.48. The van der Waals surface area contributed by atoms with Crippen LogP contribution in [-0.2, 0) is 23.1 Å². The fourth-order valence-corrected chi connectivity index (χ4v) is 4.85. The van der Waals surface area contributed by atoms with Crippen molar-refractivity contribution < 1.29 is 17.9 Å². The Morgan fingerprint density at radius 2 is 2.03 bits per heavy atom. The van der Waals surface area contributed by atoms with E-state index < -0.39 is 10.0 Å². The number of halogens is 2. The number of sulfonamides is 1. The first-order chi connectivity index (χ1) is 16.8. The van der Waals surface area contributed by atoms with Crippen LogP contribution in [0.4, 0.5) is 5.95 Å². The molecule has 0 unspecified atom stereocenters. The van der Waals surface area contributed by atoms with E-state index >= 15 is 0 Å². The number of aromatic nitrogens is 2. The minimum Gasteiger partial charge on any atom is -0.489 e. The maximum Gasteiger partial charge on any atom is 0.236 e. The van der Waals surface area contributed by atoms with Gasteiger partial charge in [0, 0.05) is 12.1 Å². The van der Waals surface area contributed by atoms with Crippen LogP contribution < -0.4 is 14.2 Å². The van der Waals surface area contributed by atoms with Crippen LogP contribution in [0.5, 0.6) is 11.5 Å². The van der Waals surface area contributed by atoms with Crippen LogP contribution in [0, 0.1) is 11.3 Å². The Morgan fingerprint density at radius 3 is 2.75 bits per heavy atom. The zero-order valence-electron chi connectivity index (χ0n) is 19.3. The molecule has 1 aliphatic carbocycles. The highest BCUT2D eigenvalue weighted by Crippen LogP contribution is 2.42. The van der Waals surface area contributed by atoms with E-state index in [0.717, 1.165) is 35.8 Å². The second-order valence-electron chi connectivity index (χ2n) is 8.02. The van der Waals surface area contributed by atoms with Gasteiger partial charge in [-0.3, -0.25) is 4.72 Å². The van der Waals surface area contributed by atoms with Crippen molar-refractivity contribution in [2.75, 3.05) is 23.5 Å². The fourth-order valence-electron chi connectivity index (χ4n) is 4.06. The van der Waals surface area contributed by atoms with Gasteiger partial charge < -0.3 is 9.47 Å². The van der Waals surface area contributed by atoms with E-state index in [9.17, 15) is 13.7 Å². The maximum atomic E-state index is 11.4. The molecule has 1 heterocycles. The number of ether oxygens (including phenoxy) is 2. The number of fused-ring (bicyclic) bond motifs is 1. The highest BCUT2D eigenvalue weighted by Gasteiger charge is 2.26. The number of anilines is 1. The third kappa shape index (κ3) is 6.73.